The van der Waals surface area contributed by atoms with Crippen LogP contribution >= 0.6 is 22.6 Å². The first-order valence-electron chi connectivity index (χ1n) is 8.40. The number of benzene rings is 1. The highest BCUT2D eigenvalue weighted by Crippen LogP contribution is 2.32. The highest BCUT2D eigenvalue weighted by Gasteiger charge is 2.48. The second kappa shape index (κ2) is 9.61. The first kappa shape index (κ1) is 23.2. The number of amides is 2. The number of carbonyl (C=O) groups excluding carboxylic acids is 1. The molecule has 2 atom stereocenters. The van der Waals surface area contributed by atoms with E-state index in [4.69, 9.17) is 9.94 Å². The van der Waals surface area contributed by atoms with E-state index in [0.717, 1.165) is 4.90 Å². The van der Waals surface area contributed by atoms with Crippen LogP contribution in [0, 0.1) is 11.8 Å². The van der Waals surface area contributed by atoms with Crippen LogP contribution in [0.25, 0.3) is 0 Å². The zero-order valence-corrected chi connectivity index (χ0v) is 18.4. The number of nitrogens with one attached hydrogen (secondary N) is 2. The fraction of sp³-hybridized carbons (Fsp3) is 0.412. The van der Waals surface area contributed by atoms with E-state index in [9.17, 15) is 23.1 Å². The minimum atomic E-state index is -4.15. The van der Waals surface area contributed by atoms with Crippen molar-refractivity contribution in [3.63, 3.8) is 0 Å². The molecule has 12 heteroatoms. The predicted molar refractivity (Wildman–Crippen MR) is 110 cm³/mol. The van der Waals surface area contributed by atoms with Crippen LogP contribution in [0.4, 0.5) is 4.79 Å². The first-order valence-corrected chi connectivity index (χ1v) is 11.1. The van der Waals surface area contributed by atoms with Crippen LogP contribution in [0.1, 0.15) is 19.8 Å². The topological polar surface area (TPSA) is 145 Å². The summed E-state index contributed by atoms with van der Waals surface area (Å²) in [6, 6.07) is 5.54. The smallest absolute Gasteiger partial charge is 0.408 e. The van der Waals surface area contributed by atoms with E-state index in [1.54, 1.807) is 6.92 Å². The van der Waals surface area contributed by atoms with Gasteiger partial charge in [-0.2, -0.15) is 4.72 Å². The number of ether oxygens (including phenoxy) is 1. The van der Waals surface area contributed by atoms with E-state index < -0.39 is 31.6 Å². The zero-order chi connectivity index (χ0) is 21.7. The van der Waals surface area contributed by atoms with E-state index in [1.807, 2.05) is 22.6 Å². The molecule has 1 fully saturated rings. The molecule has 0 aromatic heterocycles. The molecule has 1 saturated heterocycles. The number of hydrogen-bond donors (Lipinski definition) is 4. The van der Waals surface area contributed by atoms with Crippen molar-refractivity contribution in [2.45, 2.75) is 34.2 Å². The van der Waals surface area contributed by atoms with Crippen LogP contribution in [-0.2, 0) is 14.8 Å². The Morgan fingerprint density at radius 3 is 2.55 bits per heavy atom. The van der Waals surface area contributed by atoms with Crippen LogP contribution in [0.3, 0.4) is 0 Å². The molecule has 2 amide bonds. The predicted octanol–water partition coefficient (Wildman–Crippen LogP) is 1.15. The van der Waals surface area contributed by atoms with E-state index in [0.29, 0.717) is 5.75 Å². The molecule has 1 aliphatic rings. The summed E-state index contributed by atoms with van der Waals surface area (Å²) in [7, 11) is -4.15. The number of hydrogen-bond acceptors (Lipinski definition) is 6. The number of rotatable bonds is 6. The molecule has 0 saturated carbocycles. The van der Waals surface area contributed by atoms with E-state index >= 15 is 0 Å². The van der Waals surface area contributed by atoms with Crippen LogP contribution in [0.5, 0.6) is 5.75 Å². The van der Waals surface area contributed by atoms with Crippen molar-refractivity contribution in [1.29, 1.82) is 0 Å². The van der Waals surface area contributed by atoms with Crippen molar-refractivity contribution < 1.29 is 33.1 Å². The Kier molecular flexibility index (Phi) is 7.69. The Bertz CT molecular complexity index is 927. The number of nitrogens with zero attached hydrogens (tertiary/aromatic N) is 1. The summed E-state index contributed by atoms with van der Waals surface area (Å²) in [5.74, 6) is 4.87. The molecular formula is C17H20IN3O7S. The highest BCUT2D eigenvalue weighted by atomic mass is 127. The lowest BCUT2D eigenvalue weighted by molar-refractivity contribution is -0.137. The largest absolute Gasteiger partial charge is 0.481 e. The fourth-order valence-electron chi connectivity index (χ4n) is 2.84. The van der Waals surface area contributed by atoms with Crippen molar-refractivity contribution in [3.05, 3.63) is 24.3 Å². The van der Waals surface area contributed by atoms with Gasteiger partial charge in [-0.1, -0.05) is 28.5 Å². The molecule has 1 heterocycles. The molecule has 29 heavy (non-hydrogen) atoms. The van der Waals surface area contributed by atoms with Crippen molar-refractivity contribution in [3.8, 4) is 17.6 Å². The van der Waals surface area contributed by atoms with Gasteiger partial charge in [0.2, 0.25) is 10.0 Å². The number of piperidine rings is 1. The van der Waals surface area contributed by atoms with Crippen LogP contribution in [0.2, 0.25) is 0 Å². The lowest BCUT2D eigenvalue weighted by Crippen LogP contribution is -2.64. The van der Waals surface area contributed by atoms with Gasteiger partial charge >= 0.3 is 6.09 Å². The molecule has 10 nitrogen and oxygen atoms in total. The van der Waals surface area contributed by atoms with Crippen LogP contribution in [-0.4, -0.2) is 58.4 Å². The fourth-order valence-corrected chi connectivity index (χ4v) is 5.52. The number of halogens is 1. The molecule has 4 N–H and O–H groups in total. The number of likely N-dealkylation sites (tertiary alicyclic amines) is 1. The molecule has 0 aliphatic carbocycles. The summed E-state index contributed by atoms with van der Waals surface area (Å²) in [5, 5.41) is 18.3. The third-order valence-corrected chi connectivity index (χ3v) is 7.03. The van der Waals surface area contributed by atoms with Gasteiger partial charge in [-0.25, -0.2) is 18.7 Å². The number of carbonyl (C=O) groups is 2. The van der Waals surface area contributed by atoms with Gasteiger partial charge in [0.25, 0.3) is 5.91 Å². The third kappa shape index (κ3) is 5.50. The van der Waals surface area contributed by atoms with Gasteiger partial charge in [0.15, 0.2) is 0 Å². The Balaban J connectivity index is 2.25. The second-order valence-electron chi connectivity index (χ2n) is 6.18. The van der Waals surface area contributed by atoms with Crippen molar-refractivity contribution in [2.24, 2.45) is 0 Å². The summed E-state index contributed by atoms with van der Waals surface area (Å²) >= 11 is 1.82. The van der Waals surface area contributed by atoms with Crippen molar-refractivity contribution >= 4 is 44.6 Å². The summed E-state index contributed by atoms with van der Waals surface area (Å²) in [6.45, 7) is 1.76. The minimum absolute atomic E-state index is 0.0792. The standard InChI is InChI=1S/C17H20IN3O7S/c1-2-3-10-28-12-4-6-13(7-5-12)29(26,27)20-17(15(22)19-25)8-9-21(16(23)24)14(18)11-17/h4-7,14,20,25H,8-11H2,1H3,(H,19,22)(H,23,24). The third-order valence-electron chi connectivity index (χ3n) is 4.37. The molecule has 0 radical (unpaired) electrons. The molecule has 0 spiro atoms. The van der Waals surface area contributed by atoms with Crippen LogP contribution in [0.15, 0.2) is 29.2 Å². The molecule has 1 aromatic carbocycles. The maximum absolute atomic E-state index is 12.9. The molecular weight excluding hydrogens is 517 g/mol. The van der Waals surface area contributed by atoms with Crippen molar-refractivity contribution in [2.75, 3.05) is 13.2 Å². The van der Waals surface area contributed by atoms with E-state index in [2.05, 4.69) is 16.6 Å². The van der Waals surface area contributed by atoms with E-state index in [1.165, 1.54) is 29.7 Å². The zero-order valence-electron chi connectivity index (χ0n) is 15.4. The lowest BCUT2D eigenvalue weighted by Gasteiger charge is -2.42. The maximum Gasteiger partial charge on any atom is 0.408 e. The molecule has 1 aromatic rings. The second-order valence-corrected chi connectivity index (χ2v) is 9.30. The number of sulfonamides is 1. The Morgan fingerprint density at radius 2 is 2.03 bits per heavy atom. The molecule has 2 unspecified atom stereocenters. The SMILES string of the molecule is CC#CCOc1ccc(S(=O)(=O)NC2(C(=O)NO)CCN(C(=O)O)C(I)C2)cc1. The monoisotopic (exact) mass is 537 g/mol. The summed E-state index contributed by atoms with van der Waals surface area (Å²) in [5.41, 5.74) is -0.213. The first-order chi connectivity index (χ1) is 13.6. The van der Waals surface area contributed by atoms with E-state index in [-0.39, 0.29) is 30.9 Å². The number of alkyl halides is 1. The van der Waals surface area contributed by atoms with Gasteiger partial charge in [-0.15, -0.1) is 5.92 Å². The van der Waals surface area contributed by atoms with Gasteiger partial charge in [-0.05, 0) is 37.6 Å². The normalized spacial score (nSPS) is 21.6. The molecule has 0 bridgehead atoms. The summed E-state index contributed by atoms with van der Waals surface area (Å²) < 4.78 is 32.7. The Labute approximate surface area is 181 Å². The summed E-state index contributed by atoms with van der Waals surface area (Å²) in [6.07, 6.45) is -1.46. The highest BCUT2D eigenvalue weighted by molar-refractivity contribution is 14.1. The lowest BCUT2D eigenvalue weighted by atomic mass is 9.88. The van der Waals surface area contributed by atoms with Crippen molar-refractivity contribution in [1.82, 2.24) is 15.1 Å². The van der Waals surface area contributed by atoms with Gasteiger partial charge in [-0.3, -0.25) is 14.9 Å². The average molecular weight is 537 g/mol. The van der Waals surface area contributed by atoms with Gasteiger partial charge in [0, 0.05) is 13.0 Å². The Hall–Kier alpha value is -2.08. The van der Waals surface area contributed by atoms with Gasteiger partial charge in [0.1, 0.15) is 17.9 Å². The van der Waals surface area contributed by atoms with Crippen LogP contribution < -0.4 is 14.9 Å². The number of carboxylic acid groups (broad SMARTS) is 1. The average Bonchev–Trinajstić information content (AvgIpc) is 2.67. The minimum Gasteiger partial charge on any atom is -0.481 e. The number of hydroxylamine groups is 1. The van der Waals surface area contributed by atoms with Gasteiger partial charge < -0.3 is 9.84 Å². The quantitative estimate of drug-likeness (QED) is 0.106. The molecule has 158 valence electrons. The summed E-state index contributed by atoms with van der Waals surface area (Å²) in [4.78, 5) is 24.6. The van der Waals surface area contributed by atoms with Gasteiger partial charge in [0.05, 0.1) is 8.94 Å². The Morgan fingerprint density at radius 1 is 1.38 bits per heavy atom. The maximum atomic E-state index is 12.9. The molecule has 2 rings (SSSR count). The molecule has 1 aliphatic heterocycles.